The highest BCUT2D eigenvalue weighted by Crippen LogP contribution is 2.34. The topological polar surface area (TPSA) is 74.4 Å². The summed E-state index contributed by atoms with van der Waals surface area (Å²) in [6.07, 6.45) is -2.29. The van der Waals surface area contributed by atoms with Crippen molar-refractivity contribution in [1.82, 2.24) is 19.7 Å². The smallest absolute Gasteiger partial charge is 0.416 e. The molecule has 11 heteroatoms. The van der Waals surface area contributed by atoms with E-state index in [1.165, 1.54) is 18.6 Å². The van der Waals surface area contributed by atoms with Gasteiger partial charge in [-0.2, -0.15) is 13.2 Å². The summed E-state index contributed by atoms with van der Waals surface area (Å²) in [5.41, 5.74) is -1.10. The number of phenolic OH excluding ortho intramolecular Hbond substituents is 1. The molecule has 0 bridgehead atoms. The SMILES string of the molecule is Oc1cc(-c2ncn(/C=C\C(O)N3CC(F)(F)C3)n2)cc(C(F)(F)F)c1. The molecular formula is C15H13F5N4O2. The largest absolute Gasteiger partial charge is 0.508 e. The van der Waals surface area contributed by atoms with Gasteiger partial charge in [0.15, 0.2) is 5.82 Å². The van der Waals surface area contributed by atoms with Gasteiger partial charge in [0.25, 0.3) is 5.92 Å². The van der Waals surface area contributed by atoms with Crippen molar-refractivity contribution in [3.63, 3.8) is 0 Å². The predicted octanol–water partition coefficient (Wildman–Crippen LogP) is 2.41. The minimum Gasteiger partial charge on any atom is -0.508 e. The molecule has 0 spiro atoms. The van der Waals surface area contributed by atoms with Crippen LogP contribution in [-0.2, 0) is 6.18 Å². The number of rotatable bonds is 4. The van der Waals surface area contributed by atoms with Crippen LogP contribution in [-0.4, -0.2) is 55.1 Å². The Balaban J connectivity index is 1.74. The monoisotopic (exact) mass is 376 g/mol. The van der Waals surface area contributed by atoms with Crippen molar-refractivity contribution in [2.45, 2.75) is 18.3 Å². The van der Waals surface area contributed by atoms with E-state index in [9.17, 15) is 32.2 Å². The molecule has 1 aromatic carbocycles. The summed E-state index contributed by atoms with van der Waals surface area (Å²) >= 11 is 0. The molecule has 2 N–H and O–H groups in total. The molecule has 1 aliphatic heterocycles. The van der Waals surface area contributed by atoms with E-state index in [-0.39, 0.29) is 11.4 Å². The van der Waals surface area contributed by atoms with Crippen LogP contribution < -0.4 is 0 Å². The Bertz CT molecular complexity index is 826. The fourth-order valence-corrected chi connectivity index (χ4v) is 2.40. The second-order valence-electron chi connectivity index (χ2n) is 5.83. The van der Waals surface area contributed by atoms with Gasteiger partial charge in [-0.25, -0.2) is 18.4 Å². The van der Waals surface area contributed by atoms with Crippen LogP contribution in [0.5, 0.6) is 5.75 Å². The molecule has 1 fully saturated rings. The van der Waals surface area contributed by atoms with Crippen LogP contribution in [0.2, 0.25) is 0 Å². The number of alkyl halides is 5. The van der Waals surface area contributed by atoms with E-state index in [1.807, 2.05) is 0 Å². The molecule has 1 aromatic heterocycles. The summed E-state index contributed by atoms with van der Waals surface area (Å²) in [6, 6.07) is 2.45. The highest BCUT2D eigenvalue weighted by Gasteiger charge is 2.45. The average molecular weight is 376 g/mol. The van der Waals surface area contributed by atoms with Gasteiger partial charge in [-0.3, -0.25) is 4.90 Å². The third-order valence-electron chi connectivity index (χ3n) is 3.67. The normalized spacial score (nSPS) is 18.8. The Labute approximate surface area is 143 Å². The number of aromatic nitrogens is 3. The van der Waals surface area contributed by atoms with E-state index < -0.39 is 42.7 Å². The van der Waals surface area contributed by atoms with Gasteiger partial charge in [0.2, 0.25) is 0 Å². The van der Waals surface area contributed by atoms with Gasteiger partial charge in [0.1, 0.15) is 18.3 Å². The minimum absolute atomic E-state index is 0.0487. The molecule has 26 heavy (non-hydrogen) atoms. The van der Waals surface area contributed by atoms with Gasteiger partial charge in [-0.15, -0.1) is 5.10 Å². The summed E-state index contributed by atoms with van der Waals surface area (Å²) in [7, 11) is 0. The lowest BCUT2D eigenvalue weighted by atomic mass is 10.1. The molecule has 0 aliphatic carbocycles. The maximum absolute atomic E-state index is 12.8. The number of aliphatic hydroxyl groups excluding tert-OH is 1. The van der Waals surface area contributed by atoms with Gasteiger partial charge in [-0.1, -0.05) is 0 Å². The van der Waals surface area contributed by atoms with Gasteiger partial charge in [0, 0.05) is 11.8 Å². The van der Waals surface area contributed by atoms with Crippen molar-refractivity contribution >= 4 is 6.20 Å². The summed E-state index contributed by atoms with van der Waals surface area (Å²) in [6.45, 7) is -1.13. The van der Waals surface area contributed by atoms with E-state index >= 15 is 0 Å². The maximum Gasteiger partial charge on any atom is 0.416 e. The molecule has 0 radical (unpaired) electrons. The number of halogens is 5. The van der Waals surface area contributed by atoms with E-state index in [0.717, 1.165) is 21.7 Å². The Morgan fingerprint density at radius 1 is 1.19 bits per heavy atom. The third kappa shape index (κ3) is 3.99. The van der Waals surface area contributed by atoms with Gasteiger partial charge in [0.05, 0.1) is 18.7 Å². The summed E-state index contributed by atoms with van der Waals surface area (Å²) in [4.78, 5) is 4.96. The van der Waals surface area contributed by atoms with Crippen molar-refractivity contribution < 1.29 is 32.2 Å². The molecule has 1 atom stereocenters. The number of hydrogen-bond donors (Lipinski definition) is 2. The number of phenols is 1. The van der Waals surface area contributed by atoms with Crippen molar-refractivity contribution in [2.24, 2.45) is 0 Å². The average Bonchev–Trinajstić information content (AvgIpc) is 2.97. The molecule has 140 valence electrons. The number of aromatic hydroxyl groups is 1. The van der Waals surface area contributed by atoms with Crippen LogP contribution in [0.3, 0.4) is 0 Å². The zero-order chi connectivity index (χ0) is 19.1. The third-order valence-corrected chi connectivity index (χ3v) is 3.67. The number of benzene rings is 1. The number of aliphatic hydroxyl groups is 1. The molecule has 0 amide bonds. The Morgan fingerprint density at radius 2 is 1.88 bits per heavy atom. The Morgan fingerprint density at radius 3 is 2.50 bits per heavy atom. The van der Waals surface area contributed by atoms with Crippen molar-refractivity contribution in [3.8, 4) is 17.1 Å². The summed E-state index contributed by atoms with van der Waals surface area (Å²) in [5.74, 6) is -3.49. The van der Waals surface area contributed by atoms with Gasteiger partial charge in [-0.05, 0) is 24.3 Å². The standard InChI is InChI=1S/C15H13F5N4O2/c16-14(17)6-23(7-14)12(26)1-2-24-8-21-13(22-24)9-3-10(15(18,19)20)5-11(25)4-9/h1-5,8,12,25-26H,6-7H2/b2-1-. The Kier molecular flexibility index (Phi) is 4.44. The number of nitrogens with zero attached hydrogens (tertiary/aromatic N) is 4. The second-order valence-corrected chi connectivity index (χ2v) is 5.83. The lowest BCUT2D eigenvalue weighted by Gasteiger charge is -2.40. The molecular weight excluding hydrogens is 363 g/mol. The first-order chi connectivity index (χ1) is 12.0. The number of likely N-dealkylation sites (tertiary alicyclic amines) is 1. The summed E-state index contributed by atoms with van der Waals surface area (Å²) in [5, 5.41) is 23.1. The van der Waals surface area contributed by atoms with Gasteiger partial charge >= 0.3 is 6.18 Å². The fraction of sp³-hybridized carbons (Fsp3) is 0.333. The first kappa shape index (κ1) is 18.3. The summed E-state index contributed by atoms with van der Waals surface area (Å²) < 4.78 is 65.0. The first-order valence-corrected chi connectivity index (χ1v) is 7.35. The zero-order valence-corrected chi connectivity index (χ0v) is 13.0. The van der Waals surface area contributed by atoms with E-state index in [1.54, 1.807) is 0 Å². The van der Waals surface area contributed by atoms with Crippen LogP contribution >= 0.6 is 0 Å². The van der Waals surface area contributed by atoms with Crippen LogP contribution in [0, 0.1) is 0 Å². The van der Waals surface area contributed by atoms with Crippen molar-refractivity contribution in [1.29, 1.82) is 0 Å². The van der Waals surface area contributed by atoms with Crippen LogP contribution in [0.1, 0.15) is 5.56 Å². The van der Waals surface area contributed by atoms with E-state index in [0.29, 0.717) is 6.07 Å². The van der Waals surface area contributed by atoms with Crippen LogP contribution in [0.4, 0.5) is 22.0 Å². The van der Waals surface area contributed by atoms with Crippen LogP contribution in [0.25, 0.3) is 17.6 Å². The van der Waals surface area contributed by atoms with Crippen LogP contribution in [0.15, 0.2) is 30.6 Å². The first-order valence-electron chi connectivity index (χ1n) is 7.35. The van der Waals surface area contributed by atoms with E-state index in [2.05, 4.69) is 10.1 Å². The Hall–Kier alpha value is -2.53. The minimum atomic E-state index is -4.64. The van der Waals surface area contributed by atoms with Crippen molar-refractivity contribution in [3.05, 3.63) is 36.2 Å². The van der Waals surface area contributed by atoms with Gasteiger partial charge < -0.3 is 10.2 Å². The molecule has 3 rings (SSSR count). The highest BCUT2D eigenvalue weighted by molar-refractivity contribution is 5.59. The van der Waals surface area contributed by atoms with Crippen molar-refractivity contribution in [2.75, 3.05) is 13.1 Å². The van der Waals surface area contributed by atoms with E-state index in [4.69, 9.17) is 0 Å². The zero-order valence-electron chi connectivity index (χ0n) is 13.0. The maximum atomic E-state index is 12.8. The predicted molar refractivity (Wildman–Crippen MR) is 80.0 cm³/mol. The lowest BCUT2D eigenvalue weighted by molar-refractivity contribution is -0.171. The molecule has 2 heterocycles. The lowest BCUT2D eigenvalue weighted by Crippen LogP contribution is -2.59. The second kappa shape index (κ2) is 6.32. The number of hydrogen-bond acceptors (Lipinski definition) is 5. The molecule has 6 nitrogen and oxygen atoms in total. The quantitative estimate of drug-likeness (QED) is 0.802. The highest BCUT2D eigenvalue weighted by atomic mass is 19.4. The molecule has 1 aliphatic rings. The molecule has 2 aromatic rings. The molecule has 1 unspecified atom stereocenters. The molecule has 0 saturated carbocycles. The fourth-order valence-electron chi connectivity index (χ4n) is 2.40. The molecule has 1 saturated heterocycles.